The molecule has 0 aliphatic carbocycles. The molecule has 2 aromatic carbocycles. The first kappa shape index (κ1) is 15.3. The zero-order valence-corrected chi connectivity index (χ0v) is 13.1. The smallest absolute Gasteiger partial charge is 0.261 e. The van der Waals surface area contributed by atoms with Gasteiger partial charge in [-0.3, -0.25) is 9.52 Å². The van der Waals surface area contributed by atoms with Gasteiger partial charge in [0.25, 0.3) is 10.0 Å². The molecule has 0 saturated heterocycles. The van der Waals surface area contributed by atoms with Crippen LogP contribution in [0.1, 0.15) is 10.4 Å². The molecular weight excluding hydrogens is 358 g/mol. The number of primary amides is 1. The highest BCUT2D eigenvalue weighted by atomic mass is 79.9. The van der Waals surface area contributed by atoms with Gasteiger partial charge in [0.05, 0.1) is 4.90 Å². The number of anilines is 2. The minimum atomic E-state index is -3.78. The molecular formula is C13H12BrN3O3S. The summed E-state index contributed by atoms with van der Waals surface area (Å²) in [5, 5.41) is 0. The van der Waals surface area contributed by atoms with Crippen molar-refractivity contribution in [3.63, 3.8) is 0 Å². The lowest BCUT2D eigenvalue weighted by Crippen LogP contribution is -2.15. The summed E-state index contributed by atoms with van der Waals surface area (Å²) in [6, 6.07) is 10.2. The predicted octanol–water partition coefficient (Wildman–Crippen LogP) is 1.93. The summed E-state index contributed by atoms with van der Waals surface area (Å²) >= 11 is 3.18. The summed E-state index contributed by atoms with van der Waals surface area (Å²) < 4.78 is 27.4. The van der Waals surface area contributed by atoms with Crippen molar-refractivity contribution in [1.82, 2.24) is 0 Å². The van der Waals surface area contributed by atoms with Crippen LogP contribution in [0.5, 0.6) is 0 Å². The van der Waals surface area contributed by atoms with Crippen molar-refractivity contribution in [3.8, 4) is 0 Å². The average molecular weight is 370 g/mol. The fourth-order valence-electron chi connectivity index (χ4n) is 1.63. The monoisotopic (exact) mass is 369 g/mol. The maximum atomic E-state index is 12.3. The molecule has 21 heavy (non-hydrogen) atoms. The highest BCUT2D eigenvalue weighted by molar-refractivity contribution is 9.10. The van der Waals surface area contributed by atoms with Crippen molar-refractivity contribution in [1.29, 1.82) is 0 Å². The van der Waals surface area contributed by atoms with Crippen LogP contribution >= 0.6 is 15.9 Å². The molecule has 0 radical (unpaired) electrons. The first-order valence-electron chi connectivity index (χ1n) is 5.77. The Morgan fingerprint density at radius 1 is 1.14 bits per heavy atom. The molecule has 0 aromatic heterocycles. The zero-order valence-electron chi connectivity index (χ0n) is 10.7. The normalized spacial score (nSPS) is 11.1. The van der Waals surface area contributed by atoms with E-state index in [4.69, 9.17) is 11.5 Å². The minimum Gasteiger partial charge on any atom is -0.398 e. The van der Waals surface area contributed by atoms with Gasteiger partial charge in [-0.1, -0.05) is 6.07 Å². The second kappa shape index (κ2) is 5.74. The predicted molar refractivity (Wildman–Crippen MR) is 84.3 cm³/mol. The topological polar surface area (TPSA) is 115 Å². The minimum absolute atomic E-state index is 0.0491. The number of carbonyl (C=O) groups excluding carboxylic acids is 1. The number of hydrogen-bond acceptors (Lipinski definition) is 4. The van der Waals surface area contributed by atoms with Gasteiger partial charge in [0, 0.05) is 21.4 Å². The van der Waals surface area contributed by atoms with Crippen molar-refractivity contribution >= 4 is 43.2 Å². The van der Waals surface area contributed by atoms with Crippen molar-refractivity contribution in [3.05, 3.63) is 52.5 Å². The van der Waals surface area contributed by atoms with Crippen LogP contribution in [-0.2, 0) is 10.0 Å². The van der Waals surface area contributed by atoms with Gasteiger partial charge in [0.15, 0.2) is 0 Å². The van der Waals surface area contributed by atoms with Gasteiger partial charge in [0.1, 0.15) is 0 Å². The molecule has 0 heterocycles. The standard InChI is InChI=1S/C13H12BrN3O3S/c14-11-7-10(4-5-12(11)15)21(19,20)17-9-3-1-2-8(6-9)13(16)18/h1-7,17H,15H2,(H2,16,18). The molecule has 0 aliphatic rings. The van der Waals surface area contributed by atoms with E-state index < -0.39 is 15.9 Å². The van der Waals surface area contributed by atoms with E-state index in [0.29, 0.717) is 10.2 Å². The molecule has 1 amide bonds. The molecule has 2 aromatic rings. The maximum absolute atomic E-state index is 12.3. The lowest BCUT2D eigenvalue weighted by atomic mass is 10.2. The van der Waals surface area contributed by atoms with E-state index in [2.05, 4.69) is 20.7 Å². The second-order valence-corrected chi connectivity index (χ2v) is 6.77. The first-order valence-corrected chi connectivity index (χ1v) is 8.05. The van der Waals surface area contributed by atoms with Gasteiger partial charge in [-0.2, -0.15) is 0 Å². The SMILES string of the molecule is NC(=O)c1cccc(NS(=O)(=O)c2ccc(N)c(Br)c2)c1. The average Bonchev–Trinajstić information content (AvgIpc) is 2.41. The number of sulfonamides is 1. The fraction of sp³-hybridized carbons (Fsp3) is 0. The Bertz CT molecular complexity index is 806. The zero-order chi connectivity index (χ0) is 15.6. The van der Waals surface area contributed by atoms with Crippen LogP contribution in [0.3, 0.4) is 0 Å². The molecule has 0 spiro atoms. The summed E-state index contributed by atoms with van der Waals surface area (Å²) in [5.74, 6) is -0.633. The van der Waals surface area contributed by atoms with Gasteiger partial charge >= 0.3 is 0 Å². The Morgan fingerprint density at radius 3 is 2.48 bits per heavy atom. The largest absolute Gasteiger partial charge is 0.398 e. The Kier molecular flexibility index (Phi) is 4.19. The molecule has 8 heteroatoms. The van der Waals surface area contributed by atoms with Crippen molar-refractivity contribution in [2.24, 2.45) is 5.73 Å². The Labute approximate surface area is 130 Å². The molecule has 2 rings (SSSR count). The third kappa shape index (κ3) is 3.53. The Hall–Kier alpha value is -2.06. The molecule has 0 unspecified atom stereocenters. The Balaban J connectivity index is 2.35. The van der Waals surface area contributed by atoms with Crippen LogP contribution in [0.25, 0.3) is 0 Å². The molecule has 0 fully saturated rings. The molecule has 0 atom stereocenters. The van der Waals surface area contributed by atoms with E-state index in [9.17, 15) is 13.2 Å². The lowest BCUT2D eigenvalue weighted by molar-refractivity contribution is 0.100. The van der Waals surface area contributed by atoms with Gasteiger partial charge in [0.2, 0.25) is 5.91 Å². The maximum Gasteiger partial charge on any atom is 0.261 e. The summed E-state index contributed by atoms with van der Waals surface area (Å²) in [7, 11) is -3.78. The van der Waals surface area contributed by atoms with Crippen LogP contribution in [-0.4, -0.2) is 14.3 Å². The molecule has 5 N–H and O–H groups in total. The number of nitrogens with one attached hydrogen (secondary N) is 1. The second-order valence-electron chi connectivity index (χ2n) is 4.23. The number of amides is 1. The summed E-state index contributed by atoms with van der Waals surface area (Å²) in [4.78, 5) is 11.1. The number of nitrogen functional groups attached to an aromatic ring is 1. The van der Waals surface area contributed by atoms with Crippen LogP contribution in [0, 0.1) is 0 Å². The number of benzene rings is 2. The van der Waals surface area contributed by atoms with E-state index in [0.717, 1.165) is 0 Å². The number of rotatable bonds is 4. The van der Waals surface area contributed by atoms with Gasteiger partial charge < -0.3 is 11.5 Å². The van der Waals surface area contributed by atoms with Crippen molar-refractivity contribution in [2.45, 2.75) is 4.90 Å². The van der Waals surface area contributed by atoms with Crippen LogP contribution in [0.4, 0.5) is 11.4 Å². The van der Waals surface area contributed by atoms with Crippen LogP contribution < -0.4 is 16.2 Å². The third-order valence-corrected chi connectivity index (χ3v) is 4.75. The number of halogens is 1. The summed E-state index contributed by atoms with van der Waals surface area (Å²) in [5.41, 5.74) is 11.7. The summed E-state index contributed by atoms with van der Waals surface area (Å²) in [6.07, 6.45) is 0. The van der Waals surface area contributed by atoms with Crippen LogP contribution in [0.15, 0.2) is 51.8 Å². The summed E-state index contributed by atoms with van der Waals surface area (Å²) in [6.45, 7) is 0. The lowest BCUT2D eigenvalue weighted by Gasteiger charge is -2.10. The molecule has 0 saturated carbocycles. The van der Waals surface area contributed by atoms with Crippen LogP contribution in [0.2, 0.25) is 0 Å². The van der Waals surface area contributed by atoms with E-state index in [1.165, 1.54) is 42.5 Å². The van der Waals surface area contributed by atoms with Crippen molar-refractivity contribution < 1.29 is 13.2 Å². The Morgan fingerprint density at radius 2 is 1.86 bits per heavy atom. The number of hydrogen-bond donors (Lipinski definition) is 3. The van der Waals surface area contributed by atoms with E-state index in [-0.39, 0.29) is 16.1 Å². The quantitative estimate of drug-likeness (QED) is 0.713. The van der Waals surface area contributed by atoms with E-state index in [1.54, 1.807) is 0 Å². The number of carbonyl (C=O) groups is 1. The highest BCUT2D eigenvalue weighted by Crippen LogP contribution is 2.24. The highest BCUT2D eigenvalue weighted by Gasteiger charge is 2.16. The number of nitrogens with two attached hydrogens (primary N) is 2. The third-order valence-electron chi connectivity index (χ3n) is 2.68. The van der Waals surface area contributed by atoms with E-state index in [1.807, 2.05) is 0 Å². The molecule has 6 nitrogen and oxygen atoms in total. The molecule has 110 valence electrons. The van der Waals surface area contributed by atoms with Gasteiger partial charge in [-0.05, 0) is 52.3 Å². The van der Waals surface area contributed by atoms with Gasteiger partial charge in [-0.25, -0.2) is 8.42 Å². The first-order chi connectivity index (χ1) is 9.79. The molecule has 0 bridgehead atoms. The molecule has 0 aliphatic heterocycles. The van der Waals surface area contributed by atoms with E-state index >= 15 is 0 Å². The van der Waals surface area contributed by atoms with Crippen molar-refractivity contribution in [2.75, 3.05) is 10.5 Å². The fourth-order valence-corrected chi connectivity index (χ4v) is 3.23. The van der Waals surface area contributed by atoms with Gasteiger partial charge in [-0.15, -0.1) is 0 Å².